The highest BCUT2D eigenvalue weighted by Crippen LogP contribution is 2.17. The van der Waals surface area contributed by atoms with Crippen LogP contribution in [-0.4, -0.2) is 23.6 Å². The molecule has 1 aromatic heterocycles. The van der Waals surface area contributed by atoms with Gasteiger partial charge in [-0.3, -0.25) is 0 Å². The Bertz CT molecular complexity index is 511. The average molecular weight is 258 g/mol. The van der Waals surface area contributed by atoms with Gasteiger partial charge in [0.05, 0.1) is 18.6 Å². The molecule has 1 N–H and O–H groups in total. The molecule has 4 nitrogen and oxygen atoms in total. The molecule has 0 saturated carbocycles. The van der Waals surface area contributed by atoms with Crippen molar-refractivity contribution in [2.75, 3.05) is 24.3 Å². The van der Waals surface area contributed by atoms with Crippen LogP contribution in [0.25, 0.3) is 0 Å². The van der Waals surface area contributed by atoms with Crippen molar-refractivity contribution in [2.24, 2.45) is 0 Å². The highest BCUT2D eigenvalue weighted by atomic mass is 15.1. The van der Waals surface area contributed by atoms with Gasteiger partial charge in [-0.05, 0) is 38.1 Å². The largest absolute Gasteiger partial charge is 0.379 e. The molecule has 0 spiro atoms. The van der Waals surface area contributed by atoms with Gasteiger partial charge in [0.2, 0.25) is 0 Å². The zero-order valence-electron chi connectivity index (χ0n) is 12.1. The van der Waals surface area contributed by atoms with E-state index in [9.17, 15) is 0 Å². The summed E-state index contributed by atoms with van der Waals surface area (Å²) in [6.07, 6.45) is 3.80. The number of benzene rings is 1. The van der Waals surface area contributed by atoms with E-state index in [0.717, 1.165) is 12.2 Å². The van der Waals surface area contributed by atoms with Crippen molar-refractivity contribution in [1.29, 1.82) is 0 Å². The summed E-state index contributed by atoms with van der Waals surface area (Å²) in [5.74, 6) is 0. The molecule has 4 heteroatoms. The van der Waals surface area contributed by atoms with Crippen LogP contribution in [0.15, 0.2) is 36.8 Å². The Morgan fingerprint density at radius 1 is 1.21 bits per heavy atom. The quantitative estimate of drug-likeness (QED) is 0.894. The van der Waals surface area contributed by atoms with E-state index in [2.05, 4.69) is 57.9 Å². The van der Waals surface area contributed by atoms with E-state index >= 15 is 0 Å². The predicted molar refractivity (Wildman–Crippen MR) is 80.7 cm³/mol. The van der Waals surface area contributed by atoms with Gasteiger partial charge in [-0.1, -0.05) is 0 Å². The number of hydrogen-bond donors (Lipinski definition) is 1. The molecule has 1 aromatic carbocycles. The summed E-state index contributed by atoms with van der Waals surface area (Å²) in [5, 5.41) is 3.43. The summed E-state index contributed by atoms with van der Waals surface area (Å²) >= 11 is 0. The van der Waals surface area contributed by atoms with Crippen LogP contribution < -0.4 is 10.2 Å². The van der Waals surface area contributed by atoms with Gasteiger partial charge in [0.1, 0.15) is 0 Å². The van der Waals surface area contributed by atoms with E-state index in [4.69, 9.17) is 0 Å². The fraction of sp³-hybridized carbons (Fsp3) is 0.400. The topological polar surface area (TPSA) is 33.1 Å². The Morgan fingerprint density at radius 3 is 2.47 bits per heavy atom. The molecule has 1 heterocycles. The highest BCUT2D eigenvalue weighted by Gasteiger charge is 2.04. The van der Waals surface area contributed by atoms with Gasteiger partial charge in [0.15, 0.2) is 0 Å². The summed E-state index contributed by atoms with van der Waals surface area (Å²) in [6.45, 7) is 5.12. The van der Waals surface area contributed by atoms with Crippen molar-refractivity contribution in [3.05, 3.63) is 42.5 Å². The molecule has 0 aliphatic carbocycles. The number of imidazole rings is 1. The Kier molecular flexibility index (Phi) is 4.10. The third kappa shape index (κ3) is 3.28. The Morgan fingerprint density at radius 2 is 1.89 bits per heavy atom. The third-order valence-electron chi connectivity index (χ3n) is 3.16. The van der Waals surface area contributed by atoms with Crippen LogP contribution in [0.3, 0.4) is 0 Å². The molecule has 0 atom stereocenters. The monoisotopic (exact) mass is 258 g/mol. The number of rotatable bonds is 5. The second-order valence-corrected chi connectivity index (χ2v) is 5.18. The van der Waals surface area contributed by atoms with Crippen molar-refractivity contribution in [2.45, 2.75) is 26.4 Å². The first-order valence-corrected chi connectivity index (χ1v) is 6.60. The maximum atomic E-state index is 4.21. The zero-order valence-corrected chi connectivity index (χ0v) is 12.1. The Balaban J connectivity index is 2.00. The lowest BCUT2D eigenvalue weighted by atomic mass is 10.2. The lowest BCUT2D eigenvalue weighted by molar-refractivity contribution is 0.577. The molecular formula is C15H22N4. The predicted octanol–water partition coefficient (Wildman–Crippen LogP) is 3.14. The average Bonchev–Trinajstić information content (AvgIpc) is 2.85. The first-order valence-electron chi connectivity index (χ1n) is 6.60. The lowest BCUT2D eigenvalue weighted by Crippen LogP contribution is -2.10. The van der Waals surface area contributed by atoms with E-state index in [-0.39, 0.29) is 0 Å². The van der Waals surface area contributed by atoms with Gasteiger partial charge < -0.3 is 14.8 Å². The van der Waals surface area contributed by atoms with E-state index in [1.165, 1.54) is 11.4 Å². The molecule has 0 aliphatic heterocycles. The Labute approximate surface area is 115 Å². The fourth-order valence-electron chi connectivity index (χ4n) is 2.00. The van der Waals surface area contributed by atoms with E-state index in [1.54, 1.807) is 0 Å². The summed E-state index contributed by atoms with van der Waals surface area (Å²) in [5.41, 5.74) is 3.53. The van der Waals surface area contributed by atoms with Gasteiger partial charge in [-0.2, -0.15) is 0 Å². The van der Waals surface area contributed by atoms with Crippen LogP contribution in [0.4, 0.5) is 11.4 Å². The van der Waals surface area contributed by atoms with Crippen LogP contribution in [0, 0.1) is 0 Å². The second-order valence-electron chi connectivity index (χ2n) is 5.18. The highest BCUT2D eigenvalue weighted by molar-refractivity contribution is 5.54. The molecule has 0 bridgehead atoms. The molecule has 2 aromatic rings. The molecule has 0 aliphatic rings. The molecule has 0 saturated heterocycles. The first kappa shape index (κ1) is 13.5. The van der Waals surface area contributed by atoms with Crippen LogP contribution in [0.1, 0.15) is 25.6 Å². The van der Waals surface area contributed by atoms with E-state index < -0.39 is 0 Å². The van der Waals surface area contributed by atoms with Crippen molar-refractivity contribution in [3.8, 4) is 0 Å². The standard InChI is InChI=1S/C15H22N4/c1-12(2)19-11-16-9-15(19)10-17-13-5-7-14(8-6-13)18(3)4/h5-9,11-12,17H,10H2,1-4H3. The summed E-state index contributed by atoms with van der Waals surface area (Å²) in [4.78, 5) is 6.30. The minimum absolute atomic E-state index is 0.440. The molecule has 2 rings (SSSR count). The maximum absolute atomic E-state index is 4.21. The zero-order chi connectivity index (χ0) is 13.8. The van der Waals surface area contributed by atoms with Gasteiger partial charge in [0, 0.05) is 37.7 Å². The molecule has 0 radical (unpaired) electrons. The van der Waals surface area contributed by atoms with Crippen LogP contribution in [0.2, 0.25) is 0 Å². The number of nitrogens with zero attached hydrogens (tertiary/aromatic N) is 3. The van der Waals surface area contributed by atoms with Crippen molar-refractivity contribution < 1.29 is 0 Å². The smallest absolute Gasteiger partial charge is 0.0951 e. The van der Waals surface area contributed by atoms with E-state index in [1.807, 2.05) is 26.6 Å². The number of aromatic nitrogens is 2. The molecule has 0 unspecified atom stereocenters. The van der Waals surface area contributed by atoms with Gasteiger partial charge in [0.25, 0.3) is 0 Å². The molecule has 102 valence electrons. The van der Waals surface area contributed by atoms with Crippen molar-refractivity contribution in [1.82, 2.24) is 9.55 Å². The van der Waals surface area contributed by atoms with Crippen molar-refractivity contribution in [3.63, 3.8) is 0 Å². The molecular weight excluding hydrogens is 236 g/mol. The molecule has 19 heavy (non-hydrogen) atoms. The van der Waals surface area contributed by atoms with Gasteiger partial charge in [-0.25, -0.2) is 4.98 Å². The normalized spacial score (nSPS) is 10.8. The minimum atomic E-state index is 0.440. The van der Waals surface area contributed by atoms with E-state index in [0.29, 0.717) is 6.04 Å². The minimum Gasteiger partial charge on any atom is -0.379 e. The summed E-state index contributed by atoms with van der Waals surface area (Å²) in [7, 11) is 4.09. The molecule has 0 amide bonds. The third-order valence-corrected chi connectivity index (χ3v) is 3.16. The Hall–Kier alpha value is -1.97. The number of hydrogen-bond acceptors (Lipinski definition) is 3. The maximum Gasteiger partial charge on any atom is 0.0951 e. The first-order chi connectivity index (χ1) is 9.08. The molecule has 0 fully saturated rings. The SMILES string of the molecule is CC(C)n1cncc1CNc1ccc(N(C)C)cc1. The van der Waals surface area contributed by atoms with Crippen LogP contribution >= 0.6 is 0 Å². The van der Waals surface area contributed by atoms with Crippen LogP contribution in [0.5, 0.6) is 0 Å². The van der Waals surface area contributed by atoms with Crippen molar-refractivity contribution >= 4 is 11.4 Å². The number of nitrogens with one attached hydrogen (secondary N) is 1. The summed E-state index contributed by atoms with van der Waals surface area (Å²) in [6, 6.07) is 8.87. The van der Waals surface area contributed by atoms with Crippen LogP contribution in [-0.2, 0) is 6.54 Å². The fourth-order valence-corrected chi connectivity index (χ4v) is 2.00. The number of anilines is 2. The summed E-state index contributed by atoms with van der Waals surface area (Å²) < 4.78 is 2.18. The lowest BCUT2D eigenvalue weighted by Gasteiger charge is -2.15. The second kappa shape index (κ2) is 5.78. The van der Waals surface area contributed by atoms with Gasteiger partial charge >= 0.3 is 0 Å². The van der Waals surface area contributed by atoms with Gasteiger partial charge in [-0.15, -0.1) is 0 Å².